The van der Waals surface area contributed by atoms with Crippen molar-refractivity contribution in [3.63, 3.8) is 0 Å². The van der Waals surface area contributed by atoms with Crippen LogP contribution < -0.4 is 14.5 Å². The first-order valence-electron chi connectivity index (χ1n) is 14.1. The van der Waals surface area contributed by atoms with E-state index in [0.29, 0.717) is 44.8 Å². The molecule has 3 aliphatic heterocycles. The molecule has 9 heteroatoms. The third kappa shape index (κ3) is 5.88. The molecule has 8 nitrogen and oxygen atoms in total. The number of likely N-dealkylation sites (tertiary alicyclic amines) is 1. The average Bonchev–Trinajstić information content (AvgIpc) is 3.22. The number of fused-ring (bicyclic) bond motifs is 1. The van der Waals surface area contributed by atoms with Crippen LogP contribution >= 0.6 is 0 Å². The fourth-order valence-corrected chi connectivity index (χ4v) is 6.14. The Kier molecular flexibility index (Phi) is 8.07. The molecule has 1 unspecified atom stereocenters. The van der Waals surface area contributed by atoms with Gasteiger partial charge in [0.25, 0.3) is 5.91 Å². The molecule has 0 radical (unpaired) electrons. The number of hydrogen-bond acceptors (Lipinski definition) is 7. The number of carbonyl (C=O) groups excluding carboxylic acids is 1. The summed E-state index contributed by atoms with van der Waals surface area (Å²) >= 11 is 0. The molecular formula is C30H41FN6O2. The number of ether oxygens (including phenoxy) is 1. The van der Waals surface area contributed by atoms with Gasteiger partial charge >= 0.3 is 6.01 Å². The molecule has 5 rings (SSSR count). The number of hydrogen-bond donors (Lipinski definition) is 0. The minimum atomic E-state index is -0.908. The van der Waals surface area contributed by atoms with Crippen molar-refractivity contribution in [1.82, 2.24) is 19.8 Å². The Balaban J connectivity index is 1.45. The molecule has 2 aromatic rings. The summed E-state index contributed by atoms with van der Waals surface area (Å²) in [5, 5.41) is 0. The van der Waals surface area contributed by atoms with Gasteiger partial charge in [-0.3, -0.25) is 4.79 Å². The molecule has 0 saturated carbocycles. The molecule has 210 valence electrons. The Hall–Kier alpha value is -3.20. The van der Waals surface area contributed by atoms with Crippen LogP contribution in [-0.2, 0) is 17.8 Å². The van der Waals surface area contributed by atoms with Crippen LogP contribution in [0.2, 0.25) is 0 Å². The number of nitrogens with zero attached hydrogens (tertiary/aromatic N) is 6. The smallest absolute Gasteiger partial charge is 0.318 e. The van der Waals surface area contributed by atoms with Crippen LogP contribution in [0.1, 0.15) is 42.1 Å². The zero-order chi connectivity index (χ0) is 27.7. The van der Waals surface area contributed by atoms with Gasteiger partial charge in [0.1, 0.15) is 12.4 Å². The van der Waals surface area contributed by atoms with Gasteiger partial charge in [0, 0.05) is 50.0 Å². The van der Waals surface area contributed by atoms with Crippen LogP contribution in [0.5, 0.6) is 6.01 Å². The lowest BCUT2D eigenvalue weighted by molar-refractivity contribution is -0.128. The van der Waals surface area contributed by atoms with Crippen LogP contribution in [0.25, 0.3) is 0 Å². The number of benzene rings is 1. The van der Waals surface area contributed by atoms with E-state index in [4.69, 9.17) is 14.7 Å². The topological polar surface area (TPSA) is 65.0 Å². The van der Waals surface area contributed by atoms with Crippen LogP contribution in [0.15, 0.2) is 30.6 Å². The zero-order valence-corrected chi connectivity index (χ0v) is 23.7. The largest absolute Gasteiger partial charge is 0.462 e. The van der Waals surface area contributed by atoms with Gasteiger partial charge in [-0.1, -0.05) is 25.6 Å². The predicted octanol–water partition coefficient (Wildman–Crippen LogP) is 3.90. The van der Waals surface area contributed by atoms with E-state index in [-0.39, 0.29) is 5.92 Å². The van der Waals surface area contributed by atoms with Gasteiger partial charge in [0.2, 0.25) is 0 Å². The predicted molar refractivity (Wildman–Crippen MR) is 152 cm³/mol. The van der Waals surface area contributed by atoms with Crippen LogP contribution in [0.4, 0.5) is 15.9 Å². The fraction of sp³-hybridized carbons (Fsp3) is 0.567. The molecule has 2 fully saturated rings. The molecule has 0 aliphatic carbocycles. The quantitative estimate of drug-likeness (QED) is 0.519. The summed E-state index contributed by atoms with van der Waals surface area (Å²) < 4.78 is 19.9. The monoisotopic (exact) mass is 536 g/mol. The third-order valence-corrected chi connectivity index (χ3v) is 8.54. The maximum Gasteiger partial charge on any atom is 0.318 e. The normalized spacial score (nSPS) is 22.0. The van der Waals surface area contributed by atoms with Gasteiger partial charge in [-0.15, -0.1) is 0 Å². The van der Waals surface area contributed by atoms with Crippen LogP contribution in [0.3, 0.4) is 0 Å². The maximum atomic E-state index is 13.7. The molecule has 1 amide bonds. The van der Waals surface area contributed by atoms with Gasteiger partial charge in [-0.05, 0) is 69.8 Å². The van der Waals surface area contributed by atoms with Crippen molar-refractivity contribution in [3.05, 3.63) is 53.0 Å². The van der Waals surface area contributed by atoms with Crippen molar-refractivity contribution in [2.45, 2.75) is 52.6 Å². The summed E-state index contributed by atoms with van der Waals surface area (Å²) in [5.41, 5.74) is 5.93. The average molecular weight is 537 g/mol. The lowest BCUT2D eigenvalue weighted by Gasteiger charge is -2.34. The number of halogens is 1. The molecule has 2 saturated heterocycles. The van der Waals surface area contributed by atoms with Crippen molar-refractivity contribution in [3.8, 4) is 6.01 Å². The molecule has 2 atom stereocenters. The second-order valence-electron chi connectivity index (χ2n) is 11.4. The molecule has 1 aromatic carbocycles. The Morgan fingerprint density at radius 3 is 2.69 bits per heavy atom. The van der Waals surface area contributed by atoms with Gasteiger partial charge in [-0.2, -0.15) is 9.97 Å². The highest BCUT2D eigenvalue weighted by atomic mass is 19.1. The summed E-state index contributed by atoms with van der Waals surface area (Å²) in [5.74, 6) is -0.500. The van der Waals surface area contributed by atoms with Gasteiger partial charge in [0.15, 0.2) is 5.83 Å². The zero-order valence-electron chi connectivity index (χ0n) is 23.7. The lowest BCUT2D eigenvalue weighted by Crippen LogP contribution is -2.37. The Labute approximate surface area is 231 Å². The van der Waals surface area contributed by atoms with E-state index < -0.39 is 11.7 Å². The number of likely N-dealkylation sites (N-methyl/N-ethyl adjacent to an activating group) is 1. The first-order chi connectivity index (χ1) is 18.7. The molecule has 4 heterocycles. The number of rotatable bonds is 6. The van der Waals surface area contributed by atoms with Crippen LogP contribution in [-0.4, -0.2) is 84.6 Å². The van der Waals surface area contributed by atoms with Crippen molar-refractivity contribution in [2.75, 3.05) is 62.7 Å². The molecule has 1 aromatic heterocycles. The summed E-state index contributed by atoms with van der Waals surface area (Å²) in [7, 11) is 2.14. The highest BCUT2D eigenvalue weighted by Crippen LogP contribution is 2.33. The van der Waals surface area contributed by atoms with E-state index in [9.17, 15) is 9.18 Å². The minimum Gasteiger partial charge on any atom is -0.462 e. The number of amides is 1. The highest BCUT2D eigenvalue weighted by Gasteiger charge is 2.31. The molecule has 0 bridgehead atoms. The van der Waals surface area contributed by atoms with E-state index in [0.717, 1.165) is 49.6 Å². The number of aryl methyl sites for hydroxylation is 1. The number of carbonyl (C=O) groups is 1. The van der Waals surface area contributed by atoms with Crippen molar-refractivity contribution >= 4 is 17.4 Å². The fourth-order valence-electron chi connectivity index (χ4n) is 6.14. The molecule has 0 N–H and O–H groups in total. The van der Waals surface area contributed by atoms with Crippen LogP contribution in [0, 0.1) is 19.8 Å². The van der Waals surface area contributed by atoms with Crippen molar-refractivity contribution in [2.24, 2.45) is 5.92 Å². The van der Waals surface area contributed by atoms with E-state index in [1.807, 2.05) is 0 Å². The summed E-state index contributed by atoms with van der Waals surface area (Å²) in [6.45, 7) is 15.0. The first kappa shape index (κ1) is 27.4. The summed E-state index contributed by atoms with van der Waals surface area (Å²) in [4.78, 5) is 30.8. The Morgan fingerprint density at radius 2 is 1.95 bits per heavy atom. The van der Waals surface area contributed by atoms with Crippen molar-refractivity contribution in [1.29, 1.82) is 0 Å². The molecule has 0 spiro atoms. The lowest BCUT2D eigenvalue weighted by atomic mass is 10.0. The second kappa shape index (κ2) is 11.5. The highest BCUT2D eigenvalue weighted by molar-refractivity contribution is 5.90. The maximum absolute atomic E-state index is 13.7. The number of anilines is 2. The van der Waals surface area contributed by atoms with E-state index in [2.05, 4.69) is 67.3 Å². The number of aromatic nitrogens is 2. The SMILES string of the molecule is C=C(F)C(=O)N1CCN(c2nc(OCC3CCCN3C)nc3c2CCN(c2cccc(C)c2C)C3)C[C@@H](C)C1. The van der Waals surface area contributed by atoms with Gasteiger partial charge < -0.3 is 24.3 Å². The Morgan fingerprint density at radius 1 is 1.13 bits per heavy atom. The van der Waals surface area contributed by atoms with E-state index >= 15 is 0 Å². The minimum absolute atomic E-state index is 0.146. The standard InChI is InChI=1S/C30H41FN6O2/c1-20-16-36(14-15-37(17-20)29(38)23(4)31)28-25-11-13-35(27-10-6-8-21(2)22(27)3)18-26(25)32-30(33-28)39-19-24-9-7-12-34(24)5/h6,8,10,20,24H,4,7,9,11-19H2,1-3,5H3/t20-,24?/m1/s1. The second-order valence-corrected chi connectivity index (χ2v) is 11.4. The molecule has 3 aliphatic rings. The Bertz CT molecular complexity index is 1240. The summed E-state index contributed by atoms with van der Waals surface area (Å²) in [6.07, 6.45) is 3.11. The van der Waals surface area contributed by atoms with Gasteiger partial charge in [-0.25, -0.2) is 4.39 Å². The first-order valence-corrected chi connectivity index (χ1v) is 14.1. The van der Waals surface area contributed by atoms with E-state index in [1.165, 1.54) is 23.2 Å². The third-order valence-electron chi connectivity index (χ3n) is 8.54. The molecule has 39 heavy (non-hydrogen) atoms. The van der Waals surface area contributed by atoms with Gasteiger partial charge in [0.05, 0.1) is 12.2 Å². The summed E-state index contributed by atoms with van der Waals surface area (Å²) in [6, 6.07) is 7.22. The van der Waals surface area contributed by atoms with E-state index in [1.54, 1.807) is 4.90 Å². The van der Waals surface area contributed by atoms with Crippen molar-refractivity contribution < 1.29 is 13.9 Å². The molecular weight excluding hydrogens is 495 g/mol.